The van der Waals surface area contributed by atoms with Crippen LogP contribution in [0.1, 0.15) is 11.1 Å². The van der Waals surface area contributed by atoms with Crippen LogP contribution in [0.3, 0.4) is 0 Å². The first-order valence-corrected chi connectivity index (χ1v) is 8.00. The molecule has 7 heteroatoms. The number of ether oxygens (including phenoxy) is 1. The highest BCUT2D eigenvalue weighted by Gasteiger charge is 2.12. The number of halogens is 4. The van der Waals surface area contributed by atoms with Crippen LogP contribution in [0.4, 0.5) is 17.6 Å². The highest BCUT2D eigenvalue weighted by molar-refractivity contribution is 5.58. The van der Waals surface area contributed by atoms with Gasteiger partial charge in [-0.3, -0.25) is 0 Å². The minimum atomic E-state index is -1.10. The summed E-state index contributed by atoms with van der Waals surface area (Å²) in [5.41, 5.74) is -0.303. The monoisotopic (exact) mass is 384 g/mol. The molecule has 28 heavy (non-hydrogen) atoms. The first-order valence-electron chi connectivity index (χ1n) is 8.00. The van der Waals surface area contributed by atoms with Crippen molar-refractivity contribution in [1.29, 1.82) is 0 Å². The molecular weight excluding hydrogens is 372 g/mol. The maximum Gasteiger partial charge on any atom is 0.160 e. The Hall–Kier alpha value is -3.66. The van der Waals surface area contributed by atoms with Gasteiger partial charge >= 0.3 is 0 Å². The van der Waals surface area contributed by atoms with Crippen molar-refractivity contribution >= 4 is 0 Å². The predicted molar refractivity (Wildman–Crippen MR) is 95.4 cm³/mol. The highest BCUT2D eigenvalue weighted by Crippen LogP contribution is 2.22. The molecule has 140 valence electrons. The van der Waals surface area contributed by atoms with E-state index in [1.54, 1.807) is 6.08 Å². The van der Waals surface area contributed by atoms with Gasteiger partial charge in [0.25, 0.3) is 0 Å². The quantitative estimate of drug-likeness (QED) is 0.373. The van der Waals surface area contributed by atoms with E-state index < -0.39 is 28.8 Å². The summed E-state index contributed by atoms with van der Waals surface area (Å²) in [6, 6.07) is 5.01. The molecule has 3 aromatic rings. The zero-order valence-electron chi connectivity index (χ0n) is 14.3. The normalized spacial score (nSPS) is 10.1. The number of nitrogens with zero attached hydrogens (tertiary/aromatic N) is 2. The van der Waals surface area contributed by atoms with Gasteiger partial charge in [0.05, 0.1) is 18.0 Å². The van der Waals surface area contributed by atoms with Crippen molar-refractivity contribution in [3.63, 3.8) is 0 Å². The third-order valence-corrected chi connectivity index (χ3v) is 3.55. The van der Waals surface area contributed by atoms with Crippen LogP contribution in [-0.2, 0) is 0 Å². The summed E-state index contributed by atoms with van der Waals surface area (Å²) >= 11 is 0. The summed E-state index contributed by atoms with van der Waals surface area (Å²) in [7, 11) is 0. The van der Waals surface area contributed by atoms with Crippen molar-refractivity contribution in [2.45, 2.75) is 0 Å². The Kier molecular flexibility index (Phi) is 5.70. The van der Waals surface area contributed by atoms with Crippen LogP contribution in [0.25, 0.3) is 11.4 Å². The number of hydrogen-bond acceptors (Lipinski definition) is 3. The molecule has 2 aromatic carbocycles. The molecule has 1 heterocycles. The second-order valence-corrected chi connectivity index (χ2v) is 5.54. The van der Waals surface area contributed by atoms with Crippen molar-refractivity contribution in [3.8, 4) is 29.0 Å². The summed E-state index contributed by atoms with van der Waals surface area (Å²) in [6.07, 6.45) is 4.30. The second-order valence-electron chi connectivity index (χ2n) is 5.54. The van der Waals surface area contributed by atoms with Gasteiger partial charge in [-0.15, -0.1) is 0 Å². The fourth-order valence-corrected chi connectivity index (χ4v) is 2.23. The van der Waals surface area contributed by atoms with Crippen molar-refractivity contribution in [2.24, 2.45) is 0 Å². The molecule has 0 aliphatic heterocycles. The van der Waals surface area contributed by atoms with Crippen LogP contribution in [0.2, 0.25) is 0 Å². The highest BCUT2D eigenvalue weighted by atomic mass is 19.2. The summed E-state index contributed by atoms with van der Waals surface area (Å²) in [6.45, 7) is 3.79. The lowest BCUT2D eigenvalue weighted by Crippen LogP contribution is -1.98. The van der Waals surface area contributed by atoms with Gasteiger partial charge in [0, 0.05) is 11.1 Å². The number of hydrogen-bond donors (Lipinski definition) is 0. The maximum absolute atomic E-state index is 14.3. The fourth-order valence-electron chi connectivity index (χ4n) is 2.23. The van der Waals surface area contributed by atoms with Crippen LogP contribution >= 0.6 is 0 Å². The number of benzene rings is 2. The second kappa shape index (κ2) is 8.35. The standard InChI is InChI=1S/C21H12F4N2O/c1-2-7-28-15-11-26-21(27-12-15)14-9-18(23)16(19(24)10-14)5-3-13-4-6-17(22)20(25)8-13/h2,4,6,8-12H,1,7H2. The van der Waals surface area contributed by atoms with E-state index in [0.29, 0.717) is 5.75 Å². The smallest absolute Gasteiger partial charge is 0.160 e. The van der Waals surface area contributed by atoms with Crippen molar-refractivity contribution in [1.82, 2.24) is 9.97 Å². The molecule has 0 fully saturated rings. The van der Waals surface area contributed by atoms with Crippen LogP contribution in [0.5, 0.6) is 5.75 Å². The van der Waals surface area contributed by atoms with E-state index in [1.807, 2.05) is 0 Å². The van der Waals surface area contributed by atoms with E-state index in [1.165, 1.54) is 18.5 Å². The average molecular weight is 384 g/mol. The molecule has 0 aliphatic rings. The van der Waals surface area contributed by atoms with Gasteiger partial charge < -0.3 is 4.74 Å². The topological polar surface area (TPSA) is 35.0 Å². The molecule has 0 amide bonds. The molecule has 0 atom stereocenters. The third kappa shape index (κ3) is 4.35. The minimum absolute atomic E-state index is 0.0835. The Bertz CT molecular complexity index is 1060. The molecule has 0 bridgehead atoms. The Morgan fingerprint density at radius 3 is 2.18 bits per heavy atom. The van der Waals surface area contributed by atoms with Gasteiger partial charge in [0.2, 0.25) is 0 Å². The van der Waals surface area contributed by atoms with Crippen LogP contribution in [0.15, 0.2) is 55.4 Å². The minimum Gasteiger partial charge on any atom is -0.486 e. The molecule has 0 aliphatic carbocycles. The number of aromatic nitrogens is 2. The van der Waals surface area contributed by atoms with Crippen molar-refractivity contribution < 1.29 is 22.3 Å². The molecule has 0 saturated carbocycles. The molecule has 0 saturated heterocycles. The van der Waals surface area contributed by atoms with Crippen molar-refractivity contribution in [2.75, 3.05) is 6.61 Å². The van der Waals surface area contributed by atoms with E-state index in [2.05, 4.69) is 28.4 Å². The van der Waals surface area contributed by atoms with Crippen LogP contribution in [0, 0.1) is 35.1 Å². The largest absolute Gasteiger partial charge is 0.486 e. The average Bonchev–Trinajstić information content (AvgIpc) is 2.68. The lowest BCUT2D eigenvalue weighted by Gasteiger charge is -2.05. The molecular formula is C21H12F4N2O. The molecule has 3 rings (SSSR count). The Labute approximate surface area is 158 Å². The lowest BCUT2D eigenvalue weighted by atomic mass is 10.1. The van der Waals surface area contributed by atoms with Crippen LogP contribution < -0.4 is 4.74 Å². The summed E-state index contributed by atoms with van der Waals surface area (Å²) in [5.74, 6) is 1.20. The van der Waals surface area contributed by atoms with Crippen LogP contribution in [-0.4, -0.2) is 16.6 Å². The van der Waals surface area contributed by atoms with E-state index in [-0.39, 0.29) is 23.6 Å². The SMILES string of the molecule is C=CCOc1cnc(-c2cc(F)c(C#Cc3ccc(F)c(F)c3)c(F)c2)nc1. The molecule has 0 N–H and O–H groups in total. The molecule has 0 radical (unpaired) electrons. The summed E-state index contributed by atoms with van der Waals surface area (Å²) in [5, 5.41) is 0. The fraction of sp³-hybridized carbons (Fsp3) is 0.0476. The lowest BCUT2D eigenvalue weighted by molar-refractivity contribution is 0.360. The predicted octanol–water partition coefficient (Wildman–Crippen LogP) is 4.66. The number of rotatable bonds is 4. The first-order chi connectivity index (χ1) is 13.5. The Morgan fingerprint density at radius 1 is 0.893 bits per heavy atom. The third-order valence-electron chi connectivity index (χ3n) is 3.55. The van der Waals surface area contributed by atoms with Gasteiger partial charge in [0.15, 0.2) is 23.2 Å². The zero-order chi connectivity index (χ0) is 20.1. The summed E-state index contributed by atoms with van der Waals surface area (Å²) in [4.78, 5) is 8.02. The molecule has 1 aromatic heterocycles. The van der Waals surface area contributed by atoms with E-state index in [9.17, 15) is 17.6 Å². The zero-order valence-corrected chi connectivity index (χ0v) is 14.3. The van der Waals surface area contributed by atoms with Gasteiger partial charge in [-0.1, -0.05) is 24.5 Å². The maximum atomic E-state index is 14.3. The van der Waals surface area contributed by atoms with E-state index in [4.69, 9.17) is 4.74 Å². The summed E-state index contributed by atoms with van der Waals surface area (Å²) < 4.78 is 60.0. The molecule has 0 spiro atoms. The van der Waals surface area contributed by atoms with Gasteiger partial charge in [-0.2, -0.15) is 0 Å². The van der Waals surface area contributed by atoms with Gasteiger partial charge in [-0.25, -0.2) is 27.5 Å². The van der Waals surface area contributed by atoms with E-state index in [0.717, 1.165) is 24.3 Å². The van der Waals surface area contributed by atoms with Gasteiger partial charge in [0.1, 0.15) is 18.2 Å². The van der Waals surface area contributed by atoms with E-state index >= 15 is 0 Å². The Balaban J connectivity index is 1.88. The van der Waals surface area contributed by atoms with Gasteiger partial charge in [-0.05, 0) is 30.3 Å². The first kappa shape index (κ1) is 19.1. The Morgan fingerprint density at radius 2 is 1.57 bits per heavy atom. The van der Waals surface area contributed by atoms with Crippen molar-refractivity contribution in [3.05, 3.63) is 89.8 Å². The molecule has 0 unspecified atom stereocenters. The molecule has 3 nitrogen and oxygen atoms in total.